The molecular weight excluding hydrogens is 417 g/mol. The summed E-state index contributed by atoms with van der Waals surface area (Å²) in [4.78, 5) is 26.7. The smallest absolute Gasteiger partial charge is 0.349 e. The summed E-state index contributed by atoms with van der Waals surface area (Å²) < 4.78 is 39.3. The molecule has 0 aromatic heterocycles. The molecule has 0 bridgehead atoms. The number of amides is 2. The van der Waals surface area contributed by atoms with Gasteiger partial charge in [-0.2, -0.15) is 13.2 Å². The lowest BCUT2D eigenvalue weighted by Gasteiger charge is -2.29. The molecule has 2 amide bonds. The first-order valence-corrected chi connectivity index (χ1v) is 10.8. The third-order valence-electron chi connectivity index (χ3n) is 5.81. The number of hydrogen-bond donors (Lipinski definition) is 1. The van der Waals surface area contributed by atoms with Crippen molar-refractivity contribution in [3.63, 3.8) is 0 Å². The second-order valence-electron chi connectivity index (χ2n) is 8.48. The number of rotatable bonds is 7. The molecule has 2 aromatic rings. The van der Waals surface area contributed by atoms with E-state index in [2.05, 4.69) is 5.32 Å². The fourth-order valence-corrected chi connectivity index (χ4v) is 3.67. The van der Waals surface area contributed by atoms with Crippen molar-refractivity contribution in [1.82, 2.24) is 10.2 Å². The molecule has 1 atom stereocenters. The van der Waals surface area contributed by atoms with E-state index in [4.69, 9.17) is 0 Å². The third-order valence-corrected chi connectivity index (χ3v) is 5.81. The summed E-state index contributed by atoms with van der Waals surface area (Å²) in [5, 5.41) is 2.93. The molecule has 0 radical (unpaired) electrons. The Balaban J connectivity index is 1.45. The standard InChI is InChI=1S/C25H25F3N2O2/c1-16(19-3-2-4-20(15-19)25(26,27)28)30(22-12-13-22)23(31)14-7-17-5-8-18(9-6-17)24(32)29-21-10-11-21/h2-9,14-16,21-22H,10-13H2,1H3,(H,29,32). The number of carbonyl (C=O) groups excluding carboxylic acids is 2. The predicted octanol–water partition coefficient (Wildman–Crippen LogP) is 5.36. The lowest BCUT2D eigenvalue weighted by atomic mass is 10.0. The maximum absolute atomic E-state index is 13.1. The summed E-state index contributed by atoms with van der Waals surface area (Å²) in [5.41, 5.74) is 1.08. The van der Waals surface area contributed by atoms with Crippen molar-refractivity contribution in [2.45, 2.75) is 56.9 Å². The van der Waals surface area contributed by atoms with Crippen molar-refractivity contribution in [3.8, 4) is 0 Å². The molecule has 1 unspecified atom stereocenters. The molecule has 0 heterocycles. The Bertz CT molecular complexity index is 1020. The molecule has 0 saturated heterocycles. The highest BCUT2D eigenvalue weighted by Crippen LogP contribution is 2.37. The first-order chi connectivity index (χ1) is 15.2. The maximum atomic E-state index is 13.1. The number of nitrogens with zero attached hydrogens (tertiary/aromatic N) is 1. The second kappa shape index (κ2) is 8.81. The zero-order chi connectivity index (χ0) is 22.9. The Morgan fingerprint density at radius 3 is 2.34 bits per heavy atom. The van der Waals surface area contributed by atoms with Crippen molar-refractivity contribution >= 4 is 17.9 Å². The summed E-state index contributed by atoms with van der Waals surface area (Å²) in [6, 6.07) is 12.0. The van der Waals surface area contributed by atoms with Gasteiger partial charge in [0, 0.05) is 23.7 Å². The van der Waals surface area contributed by atoms with Crippen LogP contribution >= 0.6 is 0 Å². The molecule has 0 spiro atoms. The monoisotopic (exact) mass is 442 g/mol. The number of nitrogens with one attached hydrogen (secondary N) is 1. The molecule has 4 nitrogen and oxygen atoms in total. The van der Waals surface area contributed by atoms with E-state index in [1.165, 1.54) is 12.1 Å². The number of hydrogen-bond acceptors (Lipinski definition) is 2. The largest absolute Gasteiger partial charge is 0.416 e. The summed E-state index contributed by atoms with van der Waals surface area (Å²) >= 11 is 0. The van der Waals surface area contributed by atoms with Crippen molar-refractivity contribution in [2.75, 3.05) is 0 Å². The van der Waals surface area contributed by atoms with E-state index in [-0.39, 0.29) is 23.9 Å². The number of halogens is 3. The van der Waals surface area contributed by atoms with E-state index in [9.17, 15) is 22.8 Å². The number of alkyl halides is 3. The van der Waals surface area contributed by atoms with Crippen molar-refractivity contribution in [1.29, 1.82) is 0 Å². The summed E-state index contributed by atoms with van der Waals surface area (Å²) in [6.07, 6.45) is 2.41. The summed E-state index contributed by atoms with van der Waals surface area (Å²) in [7, 11) is 0. The van der Waals surface area contributed by atoms with Crippen LogP contribution in [0.25, 0.3) is 6.08 Å². The molecule has 0 aliphatic heterocycles. The molecule has 1 N–H and O–H groups in total. The zero-order valence-electron chi connectivity index (χ0n) is 17.7. The molecular formula is C25H25F3N2O2. The molecule has 168 valence electrons. The Labute approximate surface area is 185 Å². The van der Waals surface area contributed by atoms with Gasteiger partial charge in [0.05, 0.1) is 11.6 Å². The van der Waals surface area contributed by atoms with Crippen LogP contribution in [0.15, 0.2) is 54.6 Å². The number of carbonyl (C=O) groups is 2. The molecule has 2 fully saturated rings. The quantitative estimate of drug-likeness (QED) is 0.587. The van der Waals surface area contributed by atoms with E-state index in [1.807, 2.05) is 0 Å². The fraction of sp³-hybridized carbons (Fsp3) is 0.360. The van der Waals surface area contributed by atoms with Crippen molar-refractivity contribution in [2.24, 2.45) is 0 Å². The lowest BCUT2D eigenvalue weighted by molar-refractivity contribution is -0.137. The van der Waals surface area contributed by atoms with Gasteiger partial charge < -0.3 is 10.2 Å². The van der Waals surface area contributed by atoms with E-state index >= 15 is 0 Å². The third kappa shape index (κ3) is 5.39. The van der Waals surface area contributed by atoms with E-state index in [1.54, 1.807) is 48.2 Å². The molecule has 2 saturated carbocycles. The average Bonchev–Trinajstić information content (AvgIpc) is 3.68. The van der Waals surface area contributed by atoms with Crippen LogP contribution in [0.3, 0.4) is 0 Å². The van der Waals surface area contributed by atoms with Crippen LogP contribution in [0.5, 0.6) is 0 Å². The van der Waals surface area contributed by atoms with Gasteiger partial charge in [0.25, 0.3) is 5.91 Å². The van der Waals surface area contributed by atoms with Gasteiger partial charge in [-0.25, -0.2) is 0 Å². The minimum Gasteiger partial charge on any atom is -0.349 e. The van der Waals surface area contributed by atoms with Crippen molar-refractivity contribution in [3.05, 3.63) is 76.9 Å². The molecule has 2 aromatic carbocycles. The SMILES string of the molecule is CC(c1cccc(C(F)(F)F)c1)N(C(=O)C=Cc1ccc(C(=O)NC2CC2)cc1)C1CC1. The van der Waals surface area contributed by atoms with Crippen LogP contribution in [-0.4, -0.2) is 28.8 Å². The first-order valence-electron chi connectivity index (χ1n) is 10.8. The van der Waals surface area contributed by atoms with E-state index < -0.39 is 17.8 Å². The lowest BCUT2D eigenvalue weighted by Crippen LogP contribution is -2.34. The average molecular weight is 442 g/mol. The molecule has 2 aliphatic rings. The Morgan fingerprint density at radius 1 is 1.06 bits per heavy atom. The minimum absolute atomic E-state index is 0.0326. The minimum atomic E-state index is -4.42. The normalized spacial score (nSPS) is 17.2. The summed E-state index contributed by atoms with van der Waals surface area (Å²) in [6.45, 7) is 1.76. The van der Waals surface area contributed by atoms with Gasteiger partial charge in [-0.05, 0) is 74.1 Å². The topological polar surface area (TPSA) is 49.4 Å². The zero-order valence-corrected chi connectivity index (χ0v) is 17.7. The van der Waals surface area contributed by atoms with Gasteiger partial charge in [-0.1, -0.05) is 24.3 Å². The molecule has 4 rings (SSSR count). The highest BCUT2D eigenvalue weighted by Gasteiger charge is 2.36. The highest BCUT2D eigenvalue weighted by atomic mass is 19.4. The van der Waals surface area contributed by atoms with Crippen LogP contribution in [0.2, 0.25) is 0 Å². The van der Waals surface area contributed by atoms with Gasteiger partial charge in [0.2, 0.25) is 5.91 Å². The van der Waals surface area contributed by atoms with Crippen LogP contribution in [0.1, 0.15) is 65.7 Å². The first kappa shape index (κ1) is 22.1. The molecule has 32 heavy (non-hydrogen) atoms. The second-order valence-corrected chi connectivity index (χ2v) is 8.48. The number of benzene rings is 2. The van der Waals surface area contributed by atoms with Gasteiger partial charge in [0.15, 0.2) is 0 Å². The van der Waals surface area contributed by atoms with Gasteiger partial charge in [-0.15, -0.1) is 0 Å². The van der Waals surface area contributed by atoms with Gasteiger partial charge >= 0.3 is 6.18 Å². The Morgan fingerprint density at radius 2 is 1.75 bits per heavy atom. The van der Waals surface area contributed by atoms with Crippen LogP contribution in [-0.2, 0) is 11.0 Å². The van der Waals surface area contributed by atoms with E-state index in [0.29, 0.717) is 11.1 Å². The van der Waals surface area contributed by atoms with E-state index in [0.717, 1.165) is 43.4 Å². The molecule has 2 aliphatic carbocycles. The maximum Gasteiger partial charge on any atom is 0.416 e. The van der Waals surface area contributed by atoms with Crippen LogP contribution in [0.4, 0.5) is 13.2 Å². The van der Waals surface area contributed by atoms with Gasteiger partial charge in [-0.3, -0.25) is 9.59 Å². The van der Waals surface area contributed by atoms with Gasteiger partial charge in [0.1, 0.15) is 0 Å². The Hall–Kier alpha value is -3.09. The van der Waals surface area contributed by atoms with Crippen molar-refractivity contribution < 1.29 is 22.8 Å². The predicted molar refractivity (Wildman–Crippen MR) is 116 cm³/mol. The van der Waals surface area contributed by atoms with Crippen LogP contribution < -0.4 is 5.32 Å². The Kier molecular flexibility index (Phi) is 6.09. The summed E-state index contributed by atoms with van der Waals surface area (Å²) in [5.74, 6) is -0.345. The van der Waals surface area contributed by atoms with Crippen LogP contribution in [0, 0.1) is 0 Å². The highest BCUT2D eigenvalue weighted by molar-refractivity contribution is 5.95. The fourth-order valence-electron chi connectivity index (χ4n) is 3.67. The molecule has 7 heteroatoms.